The fraction of sp³-hybridized carbons (Fsp3) is 0.0417. The number of anilines is 1. The summed E-state index contributed by atoms with van der Waals surface area (Å²) in [5.41, 5.74) is 7.21. The van der Waals surface area contributed by atoms with Gasteiger partial charge in [0.25, 0.3) is 5.91 Å². The standard InChI is InChI=1S/C24H19N7O2S2/c25-21(33)18-14-26-31(17-10-5-2-6-11-17)22(18)27-20(32)15-35-24-29-28-23(19-12-7-13-34-19)30(24)16-8-3-1-4-9-16/h1-14H,15H2,(H2,25,33)(H,27,32). The average Bonchev–Trinajstić information content (AvgIpc) is 3.63. The van der Waals surface area contributed by atoms with Crippen LogP contribution in [-0.2, 0) is 4.79 Å². The minimum Gasteiger partial charge on any atom is -0.365 e. The summed E-state index contributed by atoms with van der Waals surface area (Å²) in [4.78, 5) is 25.8. The van der Waals surface area contributed by atoms with Gasteiger partial charge in [0.15, 0.2) is 11.0 Å². The van der Waals surface area contributed by atoms with Crippen LogP contribution in [0.1, 0.15) is 10.4 Å². The van der Waals surface area contributed by atoms with Crippen LogP contribution in [0.5, 0.6) is 0 Å². The van der Waals surface area contributed by atoms with E-state index in [1.807, 2.05) is 82.7 Å². The molecule has 0 aliphatic rings. The predicted molar refractivity (Wildman–Crippen MR) is 136 cm³/mol. The molecule has 9 nitrogen and oxygen atoms in total. The number of para-hydroxylation sites is 2. The van der Waals surface area contributed by atoms with E-state index in [1.54, 1.807) is 11.3 Å². The van der Waals surface area contributed by atoms with E-state index in [4.69, 9.17) is 5.73 Å². The van der Waals surface area contributed by atoms with Crippen LogP contribution in [-0.4, -0.2) is 42.1 Å². The summed E-state index contributed by atoms with van der Waals surface area (Å²) >= 11 is 2.81. The topological polar surface area (TPSA) is 121 Å². The molecule has 5 aromatic rings. The minimum absolute atomic E-state index is 0.0353. The summed E-state index contributed by atoms with van der Waals surface area (Å²) < 4.78 is 3.40. The van der Waals surface area contributed by atoms with E-state index in [-0.39, 0.29) is 23.0 Å². The van der Waals surface area contributed by atoms with Gasteiger partial charge in [-0.05, 0) is 35.7 Å². The molecule has 0 aliphatic heterocycles. The Labute approximate surface area is 208 Å². The van der Waals surface area contributed by atoms with Crippen molar-refractivity contribution in [2.24, 2.45) is 5.73 Å². The Balaban J connectivity index is 1.40. The van der Waals surface area contributed by atoms with Crippen molar-refractivity contribution < 1.29 is 9.59 Å². The number of hydrogen-bond acceptors (Lipinski definition) is 7. The number of nitrogens with two attached hydrogens (primary N) is 1. The van der Waals surface area contributed by atoms with Gasteiger partial charge in [-0.2, -0.15) is 5.10 Å². The lowest BCUT2D eigenvalue weighted by Gasteiger charge is -2.11. The first kappa shape index (κ1) is 22.6. The number of primary amides is 1. The van der Waals surface area contributed by atoms with Gasteiger partial charge in [0.05, 0.1) is 22.5 Å². The van der Waals surface area contributed by atoms with E-state index in [0.717, 1.165) is 10.6 Å². The second-order valence-electron chi connectivity index (χ2n) is 7.31. The molecular weight excluding hydrogens is 482 g/mol. The summed E-state index contributed by atoms with van der Waals surface area (Å²) in [6.07, 6.45) is 1.34. The number of rotatable bonds is 8. The van der Waals surface area contributed by atoms with Gasteiger partial charge in [-0.25, -0.2) is 4.68 Å². The molecule has 0 spiro atoms. The molecule has 5 rings (SSSR count). The molecule has 0 fully saturated rings. The predicted octanol–water partition coefficient (Wildman–Crippen LogP) is 4.01. The molecule has 2 amide bonds. The van der Waals surface area contributed by atoms with Crippen molar-refractivity contribution in [2.45, 2.75) is 5.16 Å². The Morgan fingerprint density at radius 3 is 2.31 bits per heavy atom. The first-order chi connectivity index (χ1) is 17.1. The summed E-state index contributed by atoms with van der Waals surface area (Å²) in [5.74, 6) is -0.0616. The van der Waals surface area contributed by atoms with E-state index in [0.29, 0.717) is 16.7 Å². The maximum absolute atomic E-state index is 12.9. The van der Waals surface area contributed by atoms with Crippen LogP contribution in [0.3, 0.4) is 0 Å². The maximum atomic E-state index is 12.9. The Kier molecular flexibility index (Phi) is 6.42. The number of thiophene rings is 1. The molecule has 174 valence electrons. The third kappa shape index (κ3) is 4.72. The van der Waals surface area contributed by atoms with Gasteiger partial charge in [-0.1, -0.05) is 54.2 Å². The maximum Gasteiger partial charge on any atom is 0.254 e. The molecular formula is C24H19N7O2S2. The molecule has 11 heteroatoms. The van der Waals surface area contributed by atoms with Crippen molar-refractivity contribution in [3.05, 3.63) is 89.9 Å². The summed E-state index contributed by atoms with van der Waals surface area (Å²) in [5, 5.41) is 18.3. The molecule has 2 aromatic carbocycles. The average molecular weight is 502 g/mol. The normalized spacial score (nSPS) is 10.9. The van der Waals surface area contributed by atoms with Crippen molar-refractivity contribution in [1.82, 2.24) is 24.5 Å². The van der Waals surface area contributed by atoms with E-state index >= 15 is 0 Å². The van der Waals surface area contributed by atoms with Crippen molar-refractivity contribution in [1.29, 1.82) is 0 Å². The zero-order valence-corrected chi connectivity index (χ0v) is 19.9. The third-order valence-corrected chi connectivity index (χ3v) is 6.81. The highest BCUT2D eigenvalue weighted by atomic mass is 32.2. The second kappa shape index (κ2) is 9.95. The van der Waals surface area contributed by atoms with Crippen molar-refractivity contribution in [2.75, 3.05) is 11.1 Å². The van der Waals surface area contributed by atoms with Crippen molar-refractivity contribution in [3.8, 4) is 22.1 Å². The summed E-state index contributed by atoms with van der Waals surface area (Å²) in [6, 6.07) is 22.8. The number of aromatic nitrogens is 5. The first-order valence-corrected chi connectivity index (χ1v) is 12.4. The Bertz CT molecular complexity index is 1460. The van der Waals surface area contributed by atoms with Crippen LogP contribution in [0.2, 0.25) is 0 Å². The fourth-order valence-corrected chi connectivity index (χ4v) is 4.90. The molecule has 0 aliphatic carbocycles. The SMILES string of the molecule is NC(=O)c1cnn(-c2ccccc2)c1NC(=O)CSc1nnc(-c2cccs2)n1-c1ccccc1. The monoisotopic (exact) mass is 501 g/mol. The van der Waals surface area contributed by atoms with Crippen LogP contribution < -0.4 is 11.1 Å². The van der Waals surface area contributed by atoms with Crippen LogP contribution >= 0.6 is 23.1 Å². The highest BCUT2D eigenvalue weighted by molar-refractivity contribution is 7.99. The number of hydrogen-bond donors (Lipinski definition) is 2. The zero-order valence-electron chi connectivity index (χ0n) is 18.2. The smallest absolute Gasteiger partial charge is 0.254 e. The van der Waals surface area contributed by atoms with Crippen LogP contribution in [0.25, 0.3) is 22.1 Å². The quantitative estimate of drug-likeness (QED) is 0.310. The molecule has 0 saturated carbocycles. The molecule has 3 heterocycles. The van der Waals surface area contributed by atoms with Gasteiger partial charge in [-0.15, -0.1) is 21.5 Å². The number of benzene rings is 2. The van der Waals surface area contributed by atoms with Gasteiger partial charge in [0.2, 0.25) is 5.91 Å². The fourth-order valence-electron chi connectivity index (χ4n) is 3.45. The molecule has 0 bridgehead atoms. The lowest BCUT2D eigenvalue weighted by atomic mass is 10.3. The van der Waals surface area contributed by atoms with Gasteiger partial charge in [0.1, 0.15) is 11.4 Å². The van der Waals surface area contributed by atoms with Crippen molar-refractivity contribution in [3.63, 3.8) is 0 Å². The van der Waals surface area contributed by atoms with Crippen LogP contribution in [0.15, 0.2) is 89.5 Å². The first-order valence-electron chi connectivity index (χ1n) is 10.5. The number of carbonyl (C=O) groups excluding carboxylic acids is 2. The van der Waals surface area contributed by atoms with E-state index in [2.05, 4.69) is 20.6 Å². The number of nitrogens with zero attached hydrogens (tertiary/aromatic N) is 5. The van der Waals surface area contributed by atoms with Gasteiger partial charge >= 0.3 is 0 Å². The highest BCUT2D eigenvalue weighted by Gasteiger charge is 2.21. The van der Waals surface area contributed by atoms with E-state index in [9.17, 15) is 9.59 Å². The second-order valence-corrected chi connectivity index (χ2v) is 9.20. The van der Waals surface area contributed by atoms with E-state index in [1.165, 1.54) is 22.6 Å². The van der Waals surface area contributed by atoms with Gasteiger partial charge in [-0.3, -0.25) is 14.2 Å². The lowest BCUT2D eigenvalue weighted by Crippen LogP contribution is -2.21. The highest BCUT2D eigenvalue weighted by Crippen LogP contribution is 2.30. The van der Waals surface area contributed by atoms with Gasteiger partial charge < -0.3 is 11.1 Å². The number of thioether (sulfide) groups is 1. The molecule has 0 unspecified atom stereocenters. The number of amides is 2. The zero-order chi connectivity index (χ0) is 24.2. The molecule has 0 radical (unpaired) electrons. The Morgan fingerprint density at radius 2 is 1.66 bits per heavy atom. The Morgan fingerprint density at radius 1 is 0.943 bits per heavy atom. The van der Waals surface area contributed by atoms with Crippen molar-refractivity contribution >= 4 is 40.7 Å². The largest absolute Gasteiger partial charge is 0.365 e. The minimum atomic E-state index is -0.681. The van der Waals surface area contributed by atoms with E-state index < -0.39 is 5.91 Å². The molecule has 3 N–H and O–H groups in total. The Hall–Kier alpha value is -4.22. The molecule has 35 heavy (non-hydrogen) atoms. The molecule has 3 aromatic heterocycles. The summed E-state index contributed by atoms with van der Waals surface area (Å²) in [7, 11) is 0. The van der Waals surface area contributed by atoms with Crippen LogP contribution in [0, 0.1) is 0 Å². The molecule has 0 saturated heterocycles. The van der Waals surface area contributed by atoms with Gasteiger partial charge in [0, 0.05) is 5.69 Å². The molecule has 0 atom stereocenters. The number of nitrogens with one attached hydrogen (secondary N) is 1. The number of carbonyl (C=O) groups is 2. The lowest BCUT2D eigenvalue weighted by molar-refractivity contribution is -0.113. The summed E-state index contributed by atoms with van der Waals surface area (Å²) in [6.45, 7) is 0. The van der Waals surface area contributed by atoms with Crippen LogP contribution in [0.4, 0.5) is 5.82 Å². The third-order valence-electron chi connectivity index (χ3n) is 5.01.